The molecule has 0 spiro atoms. The number of aliphatic hydroxyl groups is 1. The third-order valence-electron chi connectivity index (χ3n) is 4.54. The molecule has 0 radical (unpaired) electrons. The van der Waals surface area contributed by atoms with E-state index in [0.717, 1.165) is 18.7 Å². The number of aliphatic hydroxyl groups excluding tert-OH is 1. The van der Waals surface area contributed by atoms with Gasteiger partial charge in [0.15, 0.2) is 0 Å². The highest BCUT2D eigenvalue weighted by Gasteiger charge is 2.41. The van der Waals surface area contributed by atoms with Gasteiger partial charge >= 0.3 is 0 Å². The second-order valence-corrected chi connectivity index (χ2v) is 5.58. The molecule has 1 aromatic heterocycles. The van der Waals surface area contributed by atoms with Crippen molar-refractivity contribution in [3.8, 4) is 0 Å². The number of rotatable bonds is 3. The van der Waals surface area contributed by atoms with Crippen molar-refractivity contribution in [1.82, 2.24) is 9.97 Å². The first-order valence-corrected chi connectivity index (χ1v) is 6.78. The Hall–Kier alpha value is -0.960. The first-order valence-electron chi connectivity index (χ1n) is 6.78. The van der Waals surface area contributed by atoms with Gasteiger partial charge in [-0.3, -0.25) is 0 Å². The molecule has 1 N–H and O–H groups in total. The van der Waals surface area contributed by atoms with Gasteiger partial charge < -0.3 is 5.11 Å². The number of hydrogen-bond donors (Lipinski definition) is 1. The fraction of sp³-hybridized carbons (Fsp3) is 0.714. The Morgan fingerprint density at radius 1 is 1.24 bits per heavy atom. The molecule has 3 heteroatoms. The smallest absolute Gasteiger partial charge is 0.136 e. The molecule has 0 aromatic carbocycles. The summed E-state index contributed by atoms with van der Waals surface area (Å²) in [5.41, 5.74) is 1.08. The maximum absolute atomic E-state index is 9.57. The standard InChI is InChI=1S/C14H20N2O/c17-10-14(7-3-8-14)13-15-9-6-12(16-13)11-4-1-2-5-11/h6,9,11,17H,1-5,7-8,10H2. The highest BCUT2D eigenvalue weighted by molar-refractivity contribution is 5.18. The molecular weight excluding hydrogens is 212 g/mol. The number of hydrogen-bond acceptors (Lipinski definition) is 3. The lowest BCUT2D eigenvalue weighted by Crippen LogP contribution is -2.39. The minimum Gasteiger partial charge on any atom is -0.395 e. The van der Waals surface area contributed by atoms with Crippen molar-refractivity contribution in [3.63, 3.8) is 0 Å². The van der Waals surface area contributed by atoms with Crippen LogP contribution in [0.1, 0.15) is 62.4 Å². The van der Waals surface area contributed by atoms with Gasteiger partial charge in [0.25, 0.3) is 0 Å². The van der Waals surface area contributed by atoms with Crippen molar-refractivity contribution in [2.45, 2.75) is 56.3 Å². The van der Waals surface area contributed by atoms with Gasteiger partial charge in [0.1, 0.15) is 5.82 Å². The van der Waals surface area contributed by atoms with Crippen LogP contribution in [0.15, 0.2) is 12.3 Å². The summed E-state index contributed by atoms with van der Waals surface area (Å²) < 4.78 is 0. The van der Waals surface area contributed by atoms with E-state index >= 15 is 0 Å². The van der Waals surface area contributed by atoms with Gasteiger partial charge in [-0.05, 0) is 31.7 Å². The Morgan fingerprint density at radius 3 is 2.59 bits per heavy atom. The van der Waals surface area contributed by atoms with E-state index in [0.29, 0.717) is 5.92 Å². The SMILES string of the molecule is OCC1(c2nccc(C3CCCC3)n2)CCC1. The van der Waals surface area contributed by atoms with E-state index in [4.69, 9.17) is 4.98 Å². The van der Waals surface area contributed by atoms with E-state index in [-0.39, 0.29) is 12.0 Å². The average Bonchev–Trinajstić information content (AvgIpc) is 2.82. The first-order chi connectivity index (χ1) is 8.34. The van der Waals surface area contributed by atoms with Crippen LogP contribution in [-0.4, -0.2) is 21.7 Å². The fourth-order valence-corrected chi connectivity index (χ4v) is 3.13. The van der Waals surface area contributed by atoms with Crippen LogP contribution in [0, 0.1) is 0 Å². The monoisotopic (exact) mass is 232 g/mol. The zero-order valence-electron chi connectivity index (χ0n) is 10.2. The van der Waals surface area contributed by atoms with Gasteiger partial charge in [-0.1, -0.05) is 19.3 Å². The Bertz CT molecular complexity index is 389. The summed E-state index contributed by atoms with van der Waals surface area (Å²) in [5, 5.41) is 9.57. The van der Waals surface area contributed by atoms with Crippen molar-refractivity contribution in [1.29, 1.82) is 0 Å². The summed E-state index contributed by atoms with van der Waals surface area (Å²) >= 11 is 0. The topological polar surface area (TPSA) is 46.0 Å². The lowest BCUT2D eigenvalue weighted by atomic mass is 9.68. The zero-order valence-corrected chi connectivity index (χ0v) is 10.2. The molecule has 2 fully saturated rings. The molecule has 0 unspecified atom stereocenters. The van der Waals surface area contributed by atoms with Crippen molar-refractivity contribution >= 4 is 0 Å². The Balaban J connectivity index is 1.88. The highest BCUT2D eigenvalue weighted by atomic mass is 16.3. The fourth-order valence-electron chi connectivity index (χ4n) is 3.13. The average molecular weight is 232 g/mol. The van der Waals surface area contributed by atoms with E-state index < -0.39 is 0 Å². The van der Waals surface area contributed by atoms with Crippen molar-refractivity contribution in [2.24, 2.45) is 0 Å². The molecule has 2 aliphatic carbocycles. The normalized spacial score (nSPS) is 23.6. The summed E-state index contributed by atoms with van der Waals surface area (Å²) in [7, 11) is 0. The van der Waals surface area contributed by atoms with Crippen LogP contribution >= 0.6 is 0 Å². The Labute approximate surface area is 102 Å². The molecule has 1 heterocycles. The van der Waals surface area contributed by atoms with Crippen LogP contribution in [-0.2, 0) is 5.41 Å². The van der Waals surface area contributed by atoms with Crippen molar-refractivity contribution in [3.05, 3.63) is 23.8 Å². The van der Waals surface area contributed by atoms with E-state index in [1.807, 2.05) is 6.20 Å². The number of aromatic nitrogens is 2. The Kier molecular flexibility index (Phi) is 2.87. The molecule has 0 aliphatic heterocycles. The number of nitrogens with zero attached hydrogens (tertiary/aromatic N) is 2. The van der Waals surface area contributed by atoms with E-state index in [2.05, 4.69) is 11.1 Å². The maximum Gasteiger partial charge on any atom is 0.136 e. The predicted molar refractivity (Wildman–Crippen MR) is 65.9 cm³/mol. The van der Waals surface area contributed by atoms with Crippen LogP contribution in [0.25, 0.3) is 0 Å². The second kappa shape index (κ2) is 4.37. The summed E-state index contributed by atoms with van der Waals surface area (Å²) in [6, 6.07) is 2.06. The van der Waals surface area contributed by atoms with E-state index in [9.17, 15) is 5.11 Å². The predicted octanol–water partition coefficient (Wildman–Crippen LogP) is 2.55. The summed E-state index contributed by atoms with van der Waals surface area (Å²) in [6.45, 7) is 0.196. The summed E-state index contributed by atoms with van der Waals surface area (Å²) in [4.78, 5) is 9.15. The third-order valence-corrected chi connectivity index (χ3v) is 4.54. The lowest BCUT2D eigenvalue weighted by Gasteiger charge is -2.38. The van der Waals surface area contributed by atoms with Crippen molar-refractivity contribution < 1.29 is 5.11 Å². The molecule has 0 atom stereocenters. The summed E-state index contributed by atoms with van der Waals surface area (Å²) in [6.07, 6.45) is 10.3. The molecule has 3 rings (SSSR count). The summed E-state index contributed by atoms with van der Waals surface area (Å²) in [5.74, 6) is 1.52. The zero-order chi connectivity index (χ0) is 11.7. The molecule has 2 aliphatic rings. The highest BCUT2D eigenvalue weighted by Crippen LogP contribution is 2.42. The van der Waals surface area contributed by atoms with Crippen LogP contribution in [0.2, 0.25) is 0 Å². The molecule has 3 nitrogen and oxygen atoms in total. The van der Waals surface area contributed by atoms with Gasteiger partial charge in [-0.25, -0.2) is 9.97 Å². The van der Waals surface area contributed by atoms with E-state index in [1.165, 1.54) is 37.8 Å². The molecule has 0 saturated heterocycles. The minimum absolute atomic E-state index is 0.116. The molecule has 0 amide bonds. The molecule has 17 heavy (non-hydrogen) atoms. The van der Waals surface area contributed by atoms with Crippen LogP contribution < -0.4 is 0 Å². The molecule has 1 aromatic rings. The first kappa shape index (κ1) is 11.1. The lowest BCUT2D eigenvalue weighted by molar-refractivity contribution is 0.112. The van der Waals surface area contributed by atoms with Crippen LogP contribution in [0.3, 0.4) is 0 Å². The molecule has 92 valence electrons. The molecule has 0 bridgehead atoms. The van der Waals surface area contributed by atoms with Gasteiger partial charge in [0.2, 0.25) is 0 Å². The largest absolute Gasteiger partial charge is 0.395 e. The maximum atomic E-state index is 9.57. The quantitative estimate of drug-likeness (QED) is 0.871. The van der Waals surface area contributed by atoms with Gasteiger partial charge in [0.05, 0.1) is 12.0 Å². The Morgan fingerprint density at radius 2 is 2.00 bits per heavy atom. The minimum atomic E-state index is -0.116. The molecular formula is C14H20N2O. The van der Waals surface area contributed by atoms with Crippen molar-refractivity contribution in [2.75, 3.05) is 6.61 Å². The second-order valence-electron chi connectivity index (χ2n) is 5.58. The van der Waals surface area contributed by atoms with E-state index in [1.54, 1.807) is 0 Å². The van der Waals surface area contributed by atoms with Gasteiger partial charge in [-0.15, -0.1) is 0 Å². The van der Waals surface area contributed by atoms with Crippen LogP contribution in [0.4, 0.5) is 0 Å². The van der Waals surface area contributed by atoms with Gasteiger partial charge in [0, 0.05) is 17.8 Å². The van der Waals surface area contributed by atoms with Crippen LogP contribution in [0.5, 0.6) is 0 Å². The molecule has 2 saturated carbocycles. The third kappa shape index (κ3) is 1.86. The van der Waals surface area contributed by atoms with Gasteiger partial charge in [-0.2, -0.15) is 0 Å².